The lowest BCUT2D eigenvalue weighted by Gasteiger charge is -2.11. The van der Waals surface area contributed by atoms with E-state index in [0.29, 0.717) is 17.7 Å². The summed E-state index contributed by atoms with van der Waals surface area (Å²) in [7, 11) is 1.22. The average Bonchev–Trinajstić information content (AvgIpc) is 2.49. The first-order chi connectivity index (χ1) is 9.97. The lowest BCUT2D eigenvalue weighted by atomic mass is 10.2. The third kappa shape index (κ3) is 3.24. The summed E-state index contributed by atoms with van der Waals surface area (Å²) < 4.78 is 7.78. The van der Waals surface area contributed by atoms with E-state index in [0.717, 1.165) is 8.95 Å². The summed E-state index contributed by atoms with van der Waals surface area (Å²) >= 11 is 6.82. The van der Waals surface area contributed by atoms with Crippen LogP contribution < -0.4 is 5.43 Å². The molecule has 7 heteroatoms. The van der Waals surface area contributed by atoms with Crippen LogP contribution in [0.25, 0.3) is 5.69 Å². The van der Waals surface area contributed by atoms with Crippen molar-refractivity contribution in [2.75, 3.05) is 7.11 Å². The maximum atomic E-state index is 12.1. The van der Waals surface area contributed by atoms with Crippen LogP contribution >= 0.6 is 31.9 Å². The van der Waals surface area contributed by atoms with Crippen LogP contribution in [0.5, 0.6) is 0 Å². The summed E-state index contributed by atoms with van der Waals surface area (Å²) in [6, 6.07) is 5.56. The predicted molar refractivity (Wildman–Crippen MR) is 86.0 cm³/mol. The maximum Gasteiger partial charge on any atom is 0.362 e. The molecule has 1 aromatic carbocycles. The summed E-state index contributed by atoms with van der Waals surface area (Å²) in [6.07, 6.45) is 2.12. The number of carbonyl (C=O) groups excluding carboxylic acids is 1. The second-order valence-electron chi connectivity index (χ2n) is 4.22. The van der Waals surface area contributed by atoms with Crippen LogP contribution in [0.1, 0.15) is 23.0 Å². The molecule has 1 heterocycles. The fraction of sp³-hybridized carbons (Fsp3) is 0.214. The Bertz CT molecular complexity index is 756. The van der Waals surface area contributed by atoms with E-state index in [-0.39, 0.29) is 5.69 Å². The minimum absolute atomic E-state index is 0.219. The first-order valence-corrected chi connectivity index (χ1v) is 7.73. The molecule has 0 unspecified atom stereocenters. The van der Waals surface area contributed by atoms with Crippen LogP contribution in [-0.2, 0) is 11.2 Å². The van der Waals surface area contributed by atoms with Gasteiger partial charge in [-0.3, -0.25) is 4.79 Å². The summed E-state index contributed by atoms with van der Waals surface area (Å²) in [5, 5.41) is 4.10. The zero-order valence-corrected chi connectivity index (χ0v) is 14.6. The number of aryl methyl sites for hydroxylation is 1. The van der Waals surface area contributed by atoms with E-state index in [2.05, 4.69) is 41.7 Å². The third-order valence-electron chi connectivity index (χ3n) is 2.91. The highest BCUT2D eigenvalue weighted by Crippen LogP contribution is 2.24. The van der Waals surface area contributed by atoms with Crippen molar-refractivity contribution < 1.29 is 9.53 Å². The zero-order valence-electron chi connectivity index (χ0n) is 11.4. The smallest absolute Gasteiger partial charge is 0.362 e. The van der Waals surface area contributed by atoms with E-state index in [9.17, 15) is 9.59 Å². The van der Waals surface area contributed by atoms with Crippen LogP contribution in [0.4, 0.5) is 0 Å². The van der Waals surface area contributed by atoms with Crippen molar-refractivity contribution in [2.45, 2.75) is 13.3 Å². The van der Waals surface area contributed by atoms with E-state index in [1.54, 1.807) is 6.20 Å². The van der Waals surface area contributed by atoms with Gasteiger partial charge in [0.2, 0.25) is 11.1 Å². The number of ether oxygens (including phenoxy) is 1. The van der Waals surface area contributed by atoms with Gasteiger partial charge in [0, 0.05) is 20.7 Å². The number of halogens is 2. The van der Waals surface area contributed by atoms with Gasteiger partial charge in [0.15, 0.2) is 0 Å². The van der Waals surface area contributed by atoms with Gasteiger partial charge >= 0.3 is 5.97 Å². The second-order valence-corrected chi connectivity index (χ2v) is 5.99. The molecule has 0 N–H and O–H groups in total. The van der Waals surface area contributed by atoms with Crippen molar-refractivity contribution >= 4 is 37.8 Å². The van der Waals surface area contributed by atoms with Gasteiger partial charge in [0.05, 0.1) is 12.8 Å². The lowest BCUT2D eigenvalue weighted by Crippen LogP contribution is -2.25. The fourth-order valence-corrected chi connectivity index (χ4v) is 2.58. The number of methoxy groups -OCH3 is 1. The number of hydrogen-bond acceptors (Lipinski definition) is 4. The van der Waals surface area contributed by atoms with Crippen molar-refractivity contribution in [3.8, 4) is 5.69 Å². The molecule has 1 aromatic heterocycles. The molecular formula is C14H12Br2N2O3. The number of rotatable bonds is 3. The van der Waals surface area contributed by atoms with E-state index in [1.807, 2.05) is 25.1 Å². The minimum atomic E-state index is -0.741. The van der Waals surface area contributed by atoms with Gasteiger partial charge < -0.3 is 4.74 Å². The Hall–Kier alpha value is -1.47. The molecule has 0 fully saturated rings. The SMILES string of the molecule is CCc1cn(-c2cc(Br)ccc2Br)nc(C(=O)OC)c1=O. The number of aromatic nitrogens is 2. The molecule has 0 aliphatic carbocycles. The molecule has 110 valence electrons. The number of hydrogen-bond donors (Lipinski definition) is 0. The lowest BCUT2D eigenvalue weighted by molar-refractivity contribution is 0.0590. The summed E-state index contributed by atoms with van der Waals surface area (Å²) in [4.78, 5) is 23.9. The third-order valence-corrected chi connectivity index (χ3v) is 4.07. The average molecular weight is 416 g/mol. The van der Waals surface area contributed by atoms with E-state index < -0.39 is 11.4 Å². The summed E-state index contributed by atoms with van der Waals surface area (Å²) in [5.41, 5.74) is 0.594. The molecule has 21 heavy (non-hydrogen) atoms. The van der Waals surface area contributed by atoms with Crippen molar-refractivity contribution in [1.29, 1.82) is 0 Å². The van der Waals surface area contributed by atoms with Gasteiger partial charge in [-0.05, 0) is 40.5 Å². The highest BCUT2D eigenvalue weighted by Gasteiger charge is 2.18. The molecule has 0 spiro atoms. The summed E-state index contributed by atoms with van der Waals surface area (Å²) in [6.45, 7) is 1.85. The van der Waals surface area contributed by atoms with Gasteiger partial charge in [0.25, 0.3) is 0 Å². The van der Waals surface area contributed by atoms with Crippen molar-refractivity contribution in [3.05, 3.63) is 54.8 Å². The monoisotopic (exact) mass is 414 g/mol. The molecule has 0 atom stereocenters. The number of nitrogens with zero attached hydrogens (tertiary/aromatic N) is 2. The molecular weight excluding hydrogens is 404 g/mol. The normalized spacial score (nSPS) is 10.5. The van der Waals surface area contributed by atoms with Crippen molar-refractivity contribution in [3.63, 3.8) is 0 Å². The Balaban J connectivity index is 2.72. The maximum absolute atomic E-state index is 12.1. The highest BCUT2D eigenvalue weighted by molar-refractivity contribution is 9.11. The Labute approximate surface area is 138 Å². The van der Waals surface area contributed by atoms with Crippen molar-refractivity contribution in [1.82, 2.24) is 9.78 Å². The van der Waals surface area contributed by atoms with Crippen LogP contribution in [0.2, 0.25) is 0 Å². The Morgan fingerprint density at radius 3 is 2.71 bits per heavy atom. The molecule has 0 radical (unpaired) electrons. The number of carbonyl (C=O) groups is 1. The Kier molecular flexibility index (Phi) is 4.95. The Morgan fingerprint density at radius 2 is 2.10 bits per heavy atom. The van der Waals surface area contributed by atoms with E-state index >= 15 is 0 Å². The Morgan fingerprint density at radius 1 is 1.38 bits per heavy atom. The molecule has 2 rings (SSSR count). The van der Waals surface area contributed by atoms with Crippen LogP contribution in [0.3, 0.4) is 0 Å². The molecule has 0 amide bonds. The quantitative estimate of drug-likeness (QED) is 0.722. The van der Waals surface area contributed by atoms with Gasteiger partial charge in [-0.25, -0.2) is 9.48 Å². The van der Waals surface area contributed by atoms with Gasteiger partial charge in [0.1, 0.15) is 0 Å². The molecule has 0 aliphatic rings. The van der Waals surface area contributed by atoms with Crippen LogP contribution in [-0.4, -0.2) is 22.9 Å². The van der Waals surface area contributed by atoms with Crippen LogP contribution in [0.15, 0.2) is 38.1 Å². The molecule has 2 aromatic rings. The van der Waals surface area contributed by atoms with Crippen LogP contribution in [0, 0.1) is 0 Å². The minimum Gasteiger partial charge on any atom is -0.464 e. The molecule has 5 nitrogen and oxygen atoms in total. The zero-order chi connectivity index (χ0) is 15.6. The summed E-state index contributed by atoms with van der Waals surface area (Å²) in [5.74, 6) is -0.741. The largest absolute Gasteiger partial charge is 0.464 e. The highest BCUT2D eigenvalue weighted by atomic mass is 79.9. The van der Waals surface area contributed by atoms with Gasteiger partial charge in [-0.2, -0.15) is 5.10 Å². The standard InChI is InChI=1S/C14H12Br2N2O3/c1-3-8-7-18(11-6-9(15)4-5-10(11)16)17-12(13(8)19)14(20)21-2/h4-7H,3H2,1-2H3. The van der Waals surface area contributed by atoms with E-state index in [1.165, 1.54) is 11.8 Å². The number of benzene rings is 1. The van der Waals surface area contributed by atoms with Crippen molar-refractivity contribution in [2.24, 2.45) is 0 Å². The van der Waals surface area contributed by atoms with Gasteiger partial charge in [-0.1, -0.05) is 22.9 Å². The molecule has 0 bridgehead atoms. The first kappa shape index (κ1) is 15.9. The fourth-order valence-electron chi connectivity index (χ4n) is 1.81. The first-order valence-electron chi connectivity index (χ1n) is 6.14. The molecule has 0 saturated heterocycles. The molecule has 0 saturated carbocycles. The predicted octanol–water partition coefficient (Wildman–Crippen LogP) is 3.11. The van der Waals surface area contributed by atoms with E-state index in [4.69, 9.17) is 0 Å². The number of esters is 1. The second kappa shape index (κ2) is 6.53. The molecule has 0 aliphatic heterocycles. The topological polar surface area (TPSA) is 61.2 Å². The van der Waals surface area contributed by atoms with Gasteiger partial charge in [-0.15, -0.1) is 0 Å².